The van der Waals surface area contributed by atoms with E-state index in [9.17, 15) is 10.4 Å². The molecule has 2 atom stereocenters. The van der Waals surface area contributed by atoms with Gasteiger partial charge in [0.05, 0.1) is 5.56 Å². The highest BCUT2D eigenvalue weighted by atomic mass is 16.3. The summed E-state index contributed by atoms with van der Waals surface area (Å²) in [5.41, 5.74) is 1.82. The van der Waals surface area contributed by atoms with Crippen molar-refractivity contribution in [3.63, 3.8) is 0 Å². The molecule has 1 saturated heterocycles. The second-order valence-corrected chi connectivity index (χ2v) is 6.21. The van der Waals surface area contributed by atoms with Crippen molar-refractivity contribution in [3.8, 4) is 6.07 Å². The summed E-state index contributed by atoms with van der Waals surface area (Å²) < 4.78 is 0. The van der Waals surface area contributed by atoms with Crippen LogP contribution < -0.4 is 5.32 Å². The summed E-state index contributed by atoms with van der Waals surface area (Å²) in [4.78, 5) is 6.67. The molecule has 124 valence electrons. The standard InChI is InChI=1S/C19H22N4O/c20-11-16-7-4-9-21-19(16)22-18-13-23(10-8-17(18)14-24)12-15-5-2-1-3-6-15/h1-7,9,17-18,24H,8,10,12-14H2,(H,21,22)/t17-,18+/m1/s1. The lowest BCUT2D eigenvalue weighted by atomic mass is 9.91. The number of pyridine rings is 1. The van der Waals surface area contributed by atoms with Crippen LogP contribution in [0.15, 0.2) is 48.7 Å². The monoisotopic (exact) mass is 322 g/mol. The van der Waals surface area contributed by atoms with Gasteiger partial charge in [0.1, 0.15) is 11.9 Å². The minimum Gasteiger partial charge on any atom is -0.396 e. The average molecular weight is 322 g/mol. The summed E-state index contributed by atoms with van der Waals surface area (Å²) in [6.45, 7) is 2.82. The third-order valence-electron chi connectivity index (χ3n) is 4.57. The molecule has 0 saturated carbocycles. The van der Waals surface area contributed by atoms with Crippen LogP contribution in [0.3, 0.4) is 0 Å². The molecule has 0 unspecified atom stereocenters. The Labute approximate surface area is 142 Å². The molecule has 0 spiro atoms. The van der Waals surface area contributed by atoms with Gasteiger partial charge in [-0.1, -0.05) is 30.3 Å². The molecule has 1 fully saturated rings. The Kier molecular flexibility index (Phi) is 5.42. The molecule has 0 radical (unpaired) electrons. The normalized spacial score (nSPS) is 21.2. The summed E-state index contributed by atoms with van der Waals surface area (Å²) in [6, 6.07) is 16.2. The maximum absolute atomic E-state index is 9.70. The molecule has 3 rings (SSSR count). The predicted molar refractivity (Wildman–Crippen MR) is 93.3 cm³/mol. The number of hydrogen-bond donors (Lipinski definition) is 2. The van der Waals surface area contributed by atoms with Crippen LogP contribution >= 0.6 is 0 Å². The van der Waals surface area contributed by atoms with Crippen LogP contribution in [0, 0.1) is 17.2 Å². The lowest BCUT2D eigenvalue weighted by molar-refractivity contribution is 0.115. The van der Waals surface area contributed by atoms with E-state index < -0.39 is 0 Å². The van der Waals surface area contributed by atoms with Crippen molar-refractivity contribution in [1.29, 1.82) is 5.26 Å². The average Bonchev–Trinajstić information content (AvgIpc) is 2.63. The summed E-state index contributed by atoms with van der Waals surface area (Å²) in [7, 11) is 0. The van der Waals surface area contributed by atoms with Gasteiger partial charge < -0.3 is 10.4 Å². The van der Waals surface area contributed by atoms with Crippen molar-refractivity contribution in [2.24, 2.45) is 5.92 Å². The van der Waals surface area contributed by atoms with Crippen molar-refractivity contribution in [2.45, 2.75) is 19.0 Å². The Morgan fingerprint density at radius 2 is 2.08 bits per heavy atom. The Morgan fingerprint density at radius 1 is 1.25 bits per heavy atom. The van der Waals surface area contributed by atoms with E-state index >= 15 is 0 Å². The van der Waals surface area contributed by atoms with Crippen LogP contribution in [0.1, 0.15) is 17.5 Å². The van der Waals surface area contributed by atoms with Crippen LogP contribution in [-0.2, 0) is 6.54 Å². The van der Waals surface area contributed by atoms with Crippen molar-refractivity contribution >= 4 is 5.82 Å². The van der Waals surface area contributed by atoms with Crippen molar-refractivity contribution < 1.29 is 5.11 Å². The number of hydrogen-bond acceptors (Lipinski definition) is 5. The minimum absolute atomic E-state index is 0.0782. The number of aromatic nitrogens is 1. The summed E-state index contributed by atoms with van der Waals surface area (Å²) in [5, 5.41) is 22.3. The molecule has 0 bridgehead atoms. The first-order chi connectivity index (χ1) is 11.8. The lowest BCUT2D eigenvalue weighted by Gasteiger charge is -2.38. The fourth-order valence-corrected chi connectivity index (χ4v) is 3.22. The van der Waals surface area contributed by atoms with Gasteiger partial charge in [0.25, 0.3) is 0 Å². The maximum Gasteiger partial charge on any atom is 0.144 e. The zero-order chi connectivity index (χ0) is 16.8. The minimum atomic E-state index is 0.0782. The fourth-order valence-electron chi connectivity index (χ4n) is 3.22. The molecular formula is C19H22N4O. The zero-order valence-corrected chi connectivity index (χ0v) is 13.6. The van der Waals surface area contributed by atoms with Crippen molar-refractivity contribution in [3.05, 3.63) is 59.8 Å². The molecule has 2 aromatic rings. The van der Waals surface area contributed by atoms with E-state index in [0.717, 1.165) is 26.1 Å². The summed E-state index contributed by atoms with van der Waals surface area (Å²) in [5.74, 6) is 0.774. The molecule has 2 N–H and O–H groups in total. The van der Waals surface area contributed by atoms with Gasteiger partial charge in [-0.3, -0.25) is 4.90 Å². The second-order valence-electron chi connectivity index (χ2n) is 6.21. The predicted octanol–water partition coefficient (Wildman–Crippen LogP) is 2.25. The third kappa shape index (κ3) is 3.91. The molecule has 2 heterocycles. The fraction of sp³-hybridized carbons (Fsp3) is 0.368. The number of nitriles is 1. The van der Waals surface area contributed by atoms with E-state index in [0.29, 0.717) is 11.4 Å². The van der Waals surface area contributed by atoms with Gasteiger partial charge in [-0.2, -0.15) is 5.26 Å². The SMILES string of the molecule is N#Cc1cccnc1N[C@H]1CN(Cc2ccccc2)CC[C@@H]1CO. The molecule has 1 aliphatic rings. The summed E-state index contributed by atoms with van der Waals surface area (Å²) >= 11 is 0. The molecule has 5 heteroatoms. The molecule has 1 aromatic heterocycles. The number of benzene rings is 1. The van der Waals surface area contributed by atoms with Crippen molar-refractivity contribution in [2.75, 3.05) is 25.0 Å². The number of rotatable bonds is 5. The first-order valence-electron chi connectivity index (χ1n) is 8.29. The number of aliphatic hydroxyl groups excluding tert-OH is 1. The number of piperidine rings is 1. The molecule has 24 heavy (non-hydrogen) atoms. The van der Waals surface area contributed by atoms with Gasteiger partial charge in [-0.15, -0.1) is 0 Å². The molecule has 0 aliphatic carbocycles. The van der Waals surface area contributed by atoms with E-state index in [-0.39, 0.29) is 18.6 Å². The first-order valence-corrected chi connectivity index (χ1v) is 8.29. The van der Waals surface area contributed by atoms with Gasteiger partial charge in [0.2, 0.25) is 0 Å². The van der Waals surface area contributed by atoms with Gasteiger partial charge in [-0.05, 0) is 30.7 Å². The number of nitrogens with one attached hydrogen (secondary N) is 1. The largest absolute Gasteiger partial charge is 0.396 e. The lowest BCUT2D eigenvalue weighted by Crippen LogP contribution is -2.48. The second kappa shape index (κ2) is 7.91. The van der Waals surface area contributed by atoms with E-state index in [1.54, 1.807) is 18.3 Å². The van der Waals surface area contributed by atoms with Crippen LogP contribution in [0.5, 0.6) is 0 Å². The number of nitrogens with zero attached hydrogens (tertiary/aromatic N) is 3. The van der Waals surface area contributed by atoms with Gasteiger partial charge in [-0.25, -0.2) is 4.98 Å². The first kappa shape index (κ1) is 16.4. The van der Waals surface area contributed by atoms with E-state index in [4.69, 9.17) is 0 Å². The van der Waals surface area contributed by atoms with Gasteiger partial charge >= 0.3 is 0 Å². The number of likely N-dealkylation sites (tertiary alicyclic amines) is 1. The van der Waals surface area contributed by atoms with Crippen LogP contribution in [0.4, 0.5) is 5.82 Å². The highest BCUT2D eigenvalue weighted by Gasteiger charge is 2.29. The van der Waals surface area contributed by atoms with Gasteiger partial charge in [0, 0.05) is 37.9 Å². The Bertz CT molecular complexity index is 698. The quantitative estimate of drug-likeness (QED) is 0.883. The van der Waals surface area contributed by atoms with E-state index in [2.05, 4.69) is 45.5 Å². The molecule has 5 nitrogen and oxygen atoms in total. The van der Waals surface area contributed by atoms with Crippen LogP contribution in [-0.4, -0.2) is 40.7 Å². The zero-order valence-electron chi connectivity index (χ0n) is 13.6. The maximum atomic E-state index is 9.70. The Morgan fingerprint density at radius 3 is 2.83 bits per heavy atom. The van der Waals surface area contributed by atoms with Gasteiger partial charge in [0.15, 0.2) is 0 Å². The Balaban J connectivity index is 1.71. The Hall–Kier alpha value is -2.42. The van der Waals surface area contributed by atoms with E-state index in [1.165, 1.54) is 5.56 Å². The highest BCUT2D eigenvalue weighted by Crippen LogP contribution is 2.23. The third-order valence-corrected chi connectivity index (χ3v) is 4.57. The molecular weight excluding hydrogens is 300 g/mol. The summed E-state index contributed by atoms with van der Waals surface area (Å²) in [6.07, 6.45) is 2.61. The van der Waals surface area contributed by atoms with E-state index in [1.807, 2.05) is 6.07 Å². The number of anilines is 1. The smallest absolute Gasteiger partial charge is 0.144 e. The molecule has 1 aromatic carbocycles. The van der Waals surface area contributed by atoms with Crippen LogP contribution in [0.2, 0.25) is 0 Å². The highest BCUT2D eigenvalue weighted by molar-refractivity contribution is 5.52. The van der Waals surface area contributed by atoms with Crippen molar-refractivity contribution in [1.82, 2.24) is 9.88 Å². The number of aliphatic hydroxyl groups is 1. The topological polar surface area (TPSA) is 72.2 Å². The van der Waals surface area contributed by atoms with Crippen LogP contribution in [0.25, 0.3) is 0 Å². The molecule has 1 aliphatic heterocycles. The molecule has 0 amide bonds.